The molecule has 4 N–H and O–H groups in total. The summed E-state index contributed by atoms with van der Waals surface area (Å²) in [6.07, 6.45) is 0.765. The minimum atomic E-state index is -1.16. The number of rotatable bonds is 5. The summed E-state index contributed by atoms with van der Waals surface area (Å²) in [6, 6.07) is -1.50. The second kappa shape index (κ2) is 7.82. The monoisotopic (exact) mass is 300 g/mol. The lowest BCUT2D eigenvalue weighted by molar-refractivity contribution is -0.139. The van der Waals surface area contributed by atoms with Gasteiger partial charge >= 0.3 is 12.0 Å². The number of nitrogens with one attached hydrogen (secondary N) is 1. The van der Waals surface area contributed by atoms with Crippen molar-refractivity contribution in [2.24, 2.45) is 5.73 Å². The van der Waals surface area contributed by atoms with E-state index in [0.29, 0.717) is 6.54 Å². The molecule has 0 spiro atoms. The van der Waals surface area contributed by atoms with Gasteiger partial charge in [0.25, 0.3) is 0 Å². The van der Waals surface area contributed by atoms with E-state index in [1.807, 2.05) is 14.0 Å². The third-order valence-electron chi connectivity index (χ3n) is 3.58. The van der Waals surface area contributed by atoms with Crippen molar-refractivity contribution in [2.75, 3.05) is 26.7 Å². The van der Waals surface area contributed by atoms with Gasteiger partial charge in [-0.25, -0.2) is 9.59 Å². The van der Waals surface area contributed by atoms with Crippen molar-refractivity contribution in [3.8, 4) is 0 Å². The molecule has 2 unspecified atom stereocenters. The van der Waals surface area contributed by atoms with Gasteiger partial charge in [-0.15, -0.1) is 0 Å². The third kappa shape index (κ3) is 5.58. The first kappa shape index (κ1) is 17.2. The average Bonchev–Trinajstić information content (AvgIpc) is 2.54. The highest BCUT2D eigenvalue weighted by Crippen LogP contribution is 2.09. The SMILES string of the molecule is CC1CN(C)CCCN1C(=O)NC(CCC(N)=O)C(=O)O. The molecule has 1 aliphatic heterocycles. The first-order chi connectivity index (χ1) is 9.81. The number of likely N-dealkylation sites (N-methyl/N-ethyl adjacent to an activating group) is 1. The Labute approximate surface area is 124 Å². The summed E-state index contributed by atoms with van der Waals surface area (Å²) in [5.74, 6) is -1.75. The van der Waals surface area contributed by atoms with Crippen molar-refractivity contribution in [3.63, 3.8) is 0 Å². The van der Waals surface area contributed by atoms with Crippen molar-refractivity contribution >= 4 is 17.9 Å². The Hall–Kier alpha value is -1.83. The number of amides is 3. The molecule has 120 valence electrons. The number of primary amides is 1. The fraction of sp³-hybridized carbons (Fsp3) is 0.769. The van der Waals surface area contributed by atoms with Crippen molar-refractivity contribution in [2.45, 2.75) is 38.3 Å². The summed E-state index contributed by atoms with van der Waals surface area (Å²) in [4.78, 5) is 37.9. The molecule has 0 bridgehead atoms. The second-order valence-corrected chi connectivity index (χ2v) is 5.50. The van der Waals surface area contributed by atoms with E-state index in [2.05, 4.69) is 10.2 Å². The van der Waals surface area contributed by atoms with Gasteiger partial charge in [0.2, 0.25) is 5.91 Å². The minimum Gasteiger partial charge on any atom is -0.480 e. The fourth-order valence-corrected chi connectivity index (χ4v) is 2.45. The average molecular weight is 300 g/mol. The number of aliphatic carboxylic acids is 1. The summed E-state index contributed by atoms with van der Waals surface area (Å²) in [6.45, 7) is 4.16. The molecule has 1 fully saturated rings. The van der Waals surface area contributed by atoms with Crippen LogP contribution in [0, 0.1) is 0 Å². The van der Waals surface area contributed by atoms with E-state index in [1.54, 1.807) is 4.90 Å². The number of carboxylic acid groups (broad SMARTS) is 1. The van der Waals surface area contributed by atoms with Gasteiger partial charge < -0.3 is 26.0 Å². The molecule has 3 amide bonds. The molecule has 21 heavy (non-hydrogen) atoms. The van der Waals surface area contributed by atoms with E-state index in [0.717, 1.165) is 19.5 Å². The maximum Gasteiger partial charge on any atom is 0.326 e. The van der Waals surface area contributed by atoms with Crippen LogP contribution in [0.2, 0.25) is 0 Å². The van der Waals surface area contributed by atoms with E-state index < -0.39 is 23.9 Å². The van der Waals surface area contributed by atoms with Gasteiger partial charge in [0.05, 0.1) is 0 Å². The van der Waals surface area contributed by atoms with Gasteiger partial charge in [0.1, 0.15) is 6.04 Å². The third-order valence-corrected chi connectivity index (χ3v) is 3.58. The quantitative estimate of drug-likeness (QED) is 0.629. The van der Waals surface area contributed by atoms with Crippen LogP contribution in [-0.4, -0.2) is 71.6 Å². The van der Waals surface area contributed by atoms with Crippen molar-refractivity contribution < 1.29 is 19.5 Å². The normalized spacial score (nSPS) is 21.4. The Balaban J connectivity index is 2.63. The zero-order valence-corrected chi connectivity index (χ0v) is 12.5. The van der Waals surface area contributed by atoms with E-state index in [4.69, 9.17) is 10.8 Å². The molecule has 1 heterocycles. The lowest BCUT2D eigenvalue weighted by Crippen LogP contribution is -2.52. The van der Waals surface area contributed by atoms with Gasteiger partial charge in [0.15, 0.2) is 0 Å². The fourth-order valence-electron chi connectivity index (χ4n) is 2.45. The zero-order chi connectivity index (χ0) is 16.0. The Morgan fingerprint density at radius 2 is 2.05 bits per heavy atom. The molecular weight excluding hydrogens is 276 g/mol. The molecule has 8 heteroatoms. The minimum absolute atomic E-state index is 0.00146. The second-order valence-electron chi connectivity index (χ2n) is 5.50. The largest absolute Gasteiger partial charge is 0.480 e. The highest BCUT2D eigenvalue weighted by atomic mass is 16.4. The molecular formula is C13H24N4O4. The van der Waals surface area contributed by atoms with Crippen molar-refractivity contribution in [1.82, 2.24) is 15.1 Å². The van der Waals surface area contributed by atoms with Gasteiger partial charge in [-0.3, -0.25) is 4.79 Å². The summed E-state index contributed by atoms with van der Waals surface area (Å²) in [5.41, 5.74) is 5.01. The first-order valence-corrected chi connectivity index (χ1v) is 7.08. The maximum absolute atomic E-state index is 12.2. The van der Waals surface area contributed by atoms with Crippen LogP contribution in [0.5, 0.6) is 0 Å². The molecule has 0 aliphatic carbocycles. The topological polar surface area (TPSA) is 116 Å². The van der Waals surface area contributed by atoms with Crippen LogP contribution < -0.4 is 11.1 Å². The molecule has 1 saturated heterocycles. The van der Waals surface area contributed by atoms with Gasteiger partial charge in [-0.1, -0.05) is 0 Å². The summed E-state index contributed by atoms with van der Waals surface area (Å²) < 4.78 is 0. The molecule has 0 radical (unpaired) electrons. The highest BCUT2D eigenvalue weighted by molar-refractivity contribution is 5.83. The predicted octanol–water partition coefficient (Wildman–Crippen LogP) is -0.559. The summed E-state index contributed by atoms with van der Waals surface area (Å²) in [5, 5.41) is 11.6. The van der Waals surface area contributed by atoms with Crippen molar-refractivity contribution in [1.29, 1.82) is 0 Å². The van der Waals surface area contributed by atoms with Gasteiger partial charge in [-0.05, 0) is 33.4 Å². The van der Waals surface area contributed by atoms with Crippen LogP contribution in [0.4, 0.5) is 4.79 Å². The summed E-state index contributed by atoms with van der Waals surface area (Å²) in [7, 11) is 1.99. The van der Waals surface area contributed by atoms with Crippen LogP contribution >= 0.6 is 0 Å². The number of carbonyl (C=O) groups is 3. The Morgan fingerprint density at radius 1 is 1.38 bits per heavy atom. The lowest BCUT2D eigenvalue weighted by atomic mass is 10.1. The Bertz CT molecular complexity index is 402. The number of hydrogen-bond acceptors (Lipinski definition) is 4. The maximum atomic E-state index is 12.2. The molecule has 1 aliphatic rings. The van der Waals surface area contributed by atoms with Crippen molar-refractivity contribution in [3.05, 3.63) is 0 Å². The zero-order valence-electron chi connectivity index (χ0n) is 12.5. The lowest BCUT2D eigenvalue weighted by Gasteiger charge is -2.29. The van der Waals surface area contributed by atoms with Crippen LogP contribution in [0.25, 0.3) is 0 Å². The first-order valence-electron chi connectivity index (χ1n) is 7.08. The molecule has 1 rings (SSSR count). The molecule has 0 aromatic heterocycles. The number of carboxylic acids is 1. The van der Waals surface area contributed by atoms with Crippen LogP contribution in [0.1, 0.15) is 26.2 Å². The number of carbonyl (C=O) groups excluding carboxylic acids is 2. The van der Waals surface area contributed by atoms with Crippen LogP contribution in [0.3, 0.4) is 0 Å². The smallest absolute Gasteiger partial charge is 0.326 e. The van der Waals surface area contributed by atoms with Gasteiger partial charge in [0, 0.05) is 25.6 Å². The number of nitrogens with zero attached hydrogens (tertiary/aromatic N) is 2. The van der Waals surface area contributed by atoms with E-state index in [-0.39, 0.29) is 18.9 Å². The summed E-state index contributed by atoms with van der Waals surface area (Å²) >= 11 is 0. The van der Waals surface area contributed by atoms with E-state index in [9.17, 15) is 14.4 Å². The van der Waals surface area contributed by atoms with Gasteiger partial charge in [-0.2, -0.15) is 0 Å². The molecule has 8 nitrogen and oxygen atoms in total. The molecule has 0 aromatic carbocycles. The molecule has 0 aromatic rings. The van der Waals surface area contributed by atoms with E-state index in [1.165, 1.54) is 0 Å². The van der Waals surface area contributed by atoms with E-state index >= 15 is 0 Å². The standard InChI is InChI=1S/C13H24N4O4/c1-9-8-16(2)6-3-7-17(9)13(21)15-10(12(19)20)4-5-11(14)18/h9-10H,3-8H2,1-2H3,(H2,14,18)(H,15,21)(H,19,20). The van der Waals surface area contributed by atoms with Crippen LogP contribution in [0.15, 0.2) is 0 Å². The number of nitrogens with two attached hydrogens (primary N) is 1. The Morgan fingerprint density at radius 3 is 2.62 bits per heavy atom. The number of hydrogen-bond donors (Lipinski definition) is 3. The Kier molecular flexibility index (Phi) is 6.41. The molecule has 0 saturated carbocycles. The number of urea groups is 1. The predicted molar refractivity (Wildman–Crippen MR) is 76.7 cm³/mol. The highest BCUT2D eigenvalue weighted by Gasteiger charge is 2.27. The van der Waals surface area contributed by atoms with Crippen LogP contribution in [-0.2, 0) is 9.59 Å². The molecule has 2 atom stereocenters.